The van der Waals surface area contributed by atoms with Crippen LogP contribution in [0.2, 0.25) is 0 Å². The first-order chi connectivity index (χ1) is 12.8. The second-order valence-electron chi connectivity index (χ2n) is 7.15. The third-order valence-corrected chi connectivity index (χ3v) is 5.53. The lowest BCUT2D eigenvalue weighted by atomic mass is 9.76. The monoisotopic (exact) mass is 373 g/mol. The summed E-state index contributed by atoms with van der Waals surface area (Å²) in [4.78, 5) is 11.1. The third-order valence-electron chi connectivity index (χ3n) is 5.53. The van der Waals surface area contributed by atoms with Crippen LogP contribution in [0.3, 0.4) is 0 Å². The molecule has 0 bridgehead atoms. The van der Waals surface area contributed by atoms with Crippen molar-refractivity contribution < 1.29 is 23.1 Å². The van der Waals surface area contributed by atoms with Gasteiger partial charge >= 0.3 is 12.1 Å². The Kier molecular flexibility index (Phi) is 4.02. The van der Waals surface area contributed by atoms with Crippen molar-refractivity contribution in [1.82, 2.24) is 0 Å². The van der Waals surface area contributed by atoms with Crippen molar-refractivity contribution in [3.05, 3.63) is 76.4 Å². The standard InChI is InChI=1S/C21H18F3NO2/c1-11-9-16-14-3-2-4-15(14)19(12-5-7-13(8-6-12)20(26)27)25-18(16)10-17(11)21(22,23)24/h2-3,5-10,14-15,19,25H,4H2,1H3,(H,26,27)/t14-,15-,19+/m0/s1. The van der Waals surface area contributed by atoms with E-state index in [2.05, 4.69) is 17.5 Å². The molecule has 0 unspecified atom stereocenters. The Bertz CT molecular complexity index is 932. The van der Waals surface area contributed by atoms with Crippen molar-refractivity contribution in [2.45, 2.75) is 31.5 Å². The average Bonchev–Trinajstić information content (AvgIpc) is 3.10. The number of carbonyl (C=O) groups is 1. The summed E-state index contributed by atoms with van der Waals surface area (Å²) in [7, 11) is 0. The van der Waals surface area contributed by atoms with Gasteiger partial charge in [0, 0.05) is 11.6 Å². The molecule has 6 heteroatoms. The SMILES string of the molecule is Cc1cc2c(cc1C(F)(F)F)N[C@H](c1ccc(C(=O)O)cc1)[C@H]1CC=C[C@H]21. The van der Waals surface area contributed by atoms with Gasteiger partial charge in [-0.15, -0.1) is 0 Å². The third kappa shape index (κ3) is 2.99. The van der Waals surface area contributed by atoms with Gasteiger partial charge in [0.2, 0.25) is 0 Å². The molecule has 0 saturated carbocycles. The van der Waals surface area contributed by atoms with E-state index in [4.69, 9.17) is 5.11 Å². The number of nitrogens with one attached hydrogen (secondary N) is 1. The van der Waals surface area contributed by atoms with E-state index in [-0.39, 0.29) is 29.0 Å². The van der Waals surface area contributed by atoms with Gasteiger partial charge in [-0.2, -0.15) is 13.2 Å². The van der Waals surface area contributed by atoms with Crippen molar-refractivity contribution in [2.24, 2.45) is 5.92 Å². The summed E-state index contributed by atoms with van der Waals surface area (Å²) < 4.78 is 40.0. The van der Waals surface area contributed by atoms with Crippen molar-refractivity contribution in [1.29, 1.82) is 0 Å². The Morgan fingerprint density at radius 2 is 1.89 bits per heavy atom. The van der Waals surface area contributed by atoms with E-state index >= 15 is 0 Å². The van der Waals surface area contributed by atoms with Crippen LogP contribution in [-0.2, 0) is 6.18 Å². The number of carboxylic acids is 1. The van der Waals surface area contributed by atoms with Crippen molar-refractivity contribution in [2.75, 3.05) is 5.32 Å². The molecule has 1 aliphatic carbocycles. The molecular formula is C21H18F3NO2. The summed E-state index contributed by atoms with van der Waals surface area (Å²) in [6.07, 6.45) is 0.553. The predicted molar refractivity (Wildman–Crippen MR) is 95.9 cm³/mol. The Morgan fingerprint density at radius 3 is 2.52 bits per heavy atom. The Balaban J connectivity index is 1.77. The van der Waals surface area contributed by atoms with Crippen LogP contribution in [0.1, 0.15) is 51.0 Å². The lowest BCUT2D eigenvalue weighted by Crippen LogP contribution is -2.29. The Hall–Kier alpha value is -2.76. The first kappa shape index (κ1) is 17.6. The highest BCUT2D eigenvalue weighted by Gasteiger charge is 2.40. The number of anilines is 1. The number of alkyl halides is 3. The summed E-state index contributed by atoms with van der Waals surface area (Å²) in [5, 5.41) is 12.4. The van der Waals surface area contributed by atoms with E-state index in [0.717, 1.165) is 17.5 Å². The topological polar surface area (TPSA) is 49.3 Å². The molecule has 0 spiro atoms. The number of hydrogen-bond donors (Lipinski definition) is 2. The second-order valence-corrected chi connectivity index (χ2v) is 7.15. The Morgan fingerprint density at radius 1 is 1.19 bits per heavy atom. The molecular weight excluding hydrogens is 355 g/mol. The number of aryl methyl sites for hydroxylation is 1. The van der Waals surface area contributed by atoms with Crippen LogP contribution >= 0.6 is 0 Å². The molecule has 0 aromatic heterocycles. The average molecular weight is 373 g/mol. The summed E-state index contributed by atoms with van der Waals surface area (Å²) >= 11 is 0. The van der Waals surface area contributed by atoms with E-state index in [1.807, 2.05) is 0 Å². The van der Waals surface area contributed by atoms with Gasteiger partial charge in [0.05, 0.1) is 17.2 Å². The smallest absolute Gasteiger partial charge is 0.416 e. The number of hydrogen-bond acceptors (Lipinski definition) is 2. The molecule has 3 nitrogen and oxygen atoms in total. The maximum Gasteiger partial charge on any atom is 0.416 e. The zero-order chi connectivity index (χ0) is 19.3. The summed E-state index contributed by atoms with van der Waals surface area (Å²) in [5.74, 6) is -0.773. The molecule has 2 aliphatic rings. The zero-order valence-corrected chi connectivity index (χ0v) is 14.5. The van der Waals surface area contributed by atoms with Gasteiger partial charge in [0.15, 0.2) is 0 Å². The zero-order valence-electron chi connectivity index (χ0n) is 14.5. The number of fused-ring (bicyclic) bond motifs is 3. The summed E-state index contributed by atoms with van der Waals surface area (Å²) in [6, 6.07) is 9.20. The van der Waals surface area contributed by atoms with Crippen LogP contribution in [-0.4, -0.2) is 11.1 Å². The van der Waals surface area contributed by atoms with E-state index in [0.29, 0.717) is 5.69 Å². The van der Waals surface area contributed by atoms with E-state index in [9.17, 15) is 18.0 Å². The molecule has 0 amide bonds. The second kappa shape index (κ2) is 6.15. The van der Waals surface area contributed by atoms with Crippen LogP contribution in [0.4, 0.5) is 18.9 Å². The minimum absolute atomic E-state index is 0.0476. The molecule has 2 aromatic carbocycles. The van der Waals surface area contributed by atoms with Gasteiger partial charge in [-0.1, -0.05) is 30.4 Å². The Labute approximate surface area is 154 Å². The van der Waals surface area contributed by atoms with Crippen LogP contribution in [0.15, 0.2) is 48.6 Å². The fourth-order valence-corrected chi connectivity index (χ4v) is 4.22. The maximum absolute atomic E-state index is 13.3. The molecule has 0 radical (unpaired) electrons. The maximum atomic E-state index is 13.3. The van der Waals surface area contributed by atoms with Gasteiger partial charge in [0.1, 0.15) is 0 Å². The minimum atomic E-state index is -4.40. The first-order valence-corrected chi connectivity index (χ1v) is 8.74. The molecule has 140 valence electrons. The van der Waals surface area contributed by atoms with E-state index < -0.39 is 17.7 Å². The number of allylic oxidation sites excluding steroid dienone is 2. The van der Waals surface area contributed by atoms with Gasteiger partial charge in [-0.25, -0.2) is 4.79 Å². The highest BCUT2D eigenvalue weighted by atomic mass is 19.4. The minimum Gasteiger partial charge on any atom is -0.478 e. The van der Waals surface area contributed by atoms with Crippen molar-refractivity contribution in [3.8, 4) is 0 Å². The van der Waals surface area contributed by atoms with E-state index in [1.165, 1.54) is 25.1 Å². The normalized spacial score (nSPS) is 23.5. The quantitative estimate of drug-likeness (QED) is 0.680. The van der Waals surface area contributed by atoms with Gasteiger partial charge in [-0.3, -0.25) is 0 Å². The summed E-state index contributed by atoms with van der Waals surface area (Å²) in [6.45, 7) is 1.49. The van der Waals surface area contributed by atoms with Crippen molar-refractivity contribution >= 4 is 11.7 Å². The first-order valence-electron chi connectivity index (χ1n) is 8.74. The lowest BCUT2D eigenvalue weighted by Gasteiger charge is -2.38. The predicted octanol–water partition coefficient (Wildman–Crippen LogP) is 5.54. The largest absolute Gasteiger partial charge is 0.478 e. The molecule has 2 N–H and O–H groups in total. The number of carboxylic acid groups (broad SMARTS) is 1. The number of aromatic carboxylic acids is 1. The fraction of sp³-hybridized carbons (Fsp3) is 0.286. The van der Waals surface area contributed by atoms with Crippen LogP contribution in [0, 0.1) is 12.8 Å². The molecule has 3 atom stereocenters. The van der Waals surface area contributed by atoms with Gasteiger partial charge < -0.3 is 10.4 Å². The molecule has 0 fully saturated rings. The molecule has 1 aliphatic heterocycles. The molecule has 2 aromatic rings. The molecule has 0 saturated heterocycles. The van der Waals surface area contributed by atoms with Gasteiger partial charge in [0.25, 0.3) is 0 Å². The van der Waals surface area contributed by atoms with E-state index in [1.54, 1.807) is 18.2 Å². The number of halogens is 3. The lowest BCUT2D eigenvalue weighted by molar-refractivity contribution is -0.138. The highest BCUT2D eigenvalue weighted by molar-refractivity contribution is 5.87. The van der Waals surface area contributed by atoms with Crippen molar-refractivity contribution in [3.63, 3.8) is 0 Å². The van der Waals surface area contributed by atoms with Gasteiger partial charge in [-0.05, 0) is 54.2 Å². The fourth-order valence-electron chi connectivity index (χ4n) is 4.22. The summed E-state index contributed by atoms with van der Waals surface area (Å²) in [5.41, 5.74) is 2.04. The molecule has 4 rings (SSSR count). The van der Waals surface area contributed by atoms with Crippen LogP contribution in [0.25, 0.3) is 0 Å². The number of rotatable bonds is 2. The number of benzene rings is 2. The highest BCUT2D eigenvalue weighted by Crippen LogP contribution is 2.51. The van der Waals surface area contributed by atoms with Crippen LogP contribution < -0.4 is 5.32 Å². The molecule has 27 heavy (non-hydrogen) atoms. The molecule has 1 heterocycles. The van der Waals surface area contributed by atoms with Crippen LogP contribution in [0.5, 0.6) is 0 Å².